The molecule has 154 valence electrons. The summed E-state index contributed by atoms with van der Waals surface area (Å²) in [6, 6.07) is 5.11. The predicted molar refractivity (Wildman–Crippen MR) is 90.6 cm³/mol. The number of nitroso groups, excluding NO2 is 1. The molecule has 1 unspecified atom stereocenters. The van der Waals surface area contributed by atoms with Gasteiger partial charge >= 0.3 is 12.1 Å². The Kier molecular flexibility index (Phi) is 5.50. The first-order valence-corrected chi connectivity index (χ1v) is 10.3. The standard InChI is InChI=1S/C17H19F3N2O5S/c18-17(19,20)15(23)27-13-9-16(7-1-2-8-16)11-22(10-13)28(25,26)14-5-3-12(21-24)4-6-14/h3-6,13H,1-2,7-11H2/p+1. The minimum atomic E-state index is -5.13. The van der Waals surface area contributed by atoms with Gasteiger partial charge in [-0.1, -0.05) is 12.8 Å². The first-order chi connectivity index (χ1) is 13.1. The van der Waals surface area contributed by atoms with E-state index in [1.165, 1.54) is 24.3 Å². The smallest absolute Gasteiger partial charge is 0.454 e. The second-order valence-corrected chi connectivity index (χ2v) is 9.30. The van der Waals surface area contributed by atoms with Crippen LogP contribution < -0.4 is 5.18 Å². The minimum Gasteiger partial charge on any atom is -0.454 e. The van der Waals surface area contributed by atoms with Gasteiger partial charge in [-0.25, -0.2) is 13.2 Å². The van der Waals surface area contributed by atoms with Crippen molar-refractivity contribution >= 4 is 21.7 Å². The average Bonchev–Trinajstić information content (AvgIpc) is 3.07. The summed E-state index contributed by atoms with van der Waals surface area (Å²) in [6.07, 6.45) is -3.07. The van der Waals surface area contributed by atoms with Crippen LogP contribution in [0.5, 0.6) is 0 Å². The summed E-state index contributed by atoms with van der Waals surface area (Å²) in [6.45, 7) is -0.176. The Morgan fingerprint density at radius 3 is 2.32 bits per heavy atom. The molecule has 2 fully saturated rings. The Labute approximate surface area is 159 Å². The summed E-state index contributed by atoms with van der Waals surface area (Å²) in [5, 5.41) is 1.65. The first-order valence-electron chi connectivity index (χ1n) is 8.82. The van der Waals surface area contributed by atoms with Crippen LogP contribution in [-0.2, 0) is 19.6 Å². The molecule has 7 nitrogen and oxygen atoms in total. The van der Waals surface area contributed by atoms with Crippen LogP contribution in [-0.4, -0.2) is 44.1 Å². The van der Waals surface area contributed by atoms with Crippen molar-refractivity contribution in [1.82, 2.24) is 4.31 Å². The quantitative estimate of drug-likeness (QED) is 0.746. The lowest BCUT2D eigenvalue weighted by atomic mass is 9.78. The number of benzene rings is 1. The molecule has 1 aliphatic heterocycles. The number of carbonyl (C=O) groups is 1. The molecule has 1 aromatic rings. The fourth-order valence-corrected chi connectivity index (χ4v) is 5.67. The molecule has 2 aliphatic rings. The molecule has 1 aromatic carbocycles. The number of nitrogens with one attached hydrogen (secondary N) is 1. The molecule has 1 N–H and O–H groups in total. The van der Waals surface area contributed by atoms with E-state index < -0.39 is 33.7 Å². The molecule has 0 amide bonds. The molecule has 1 atom stereocenters. The summed E-state index contributed by atoms with van der Waals surface area (Å²) in [7, 11) is -4.02. The highest BCUT2D eigenvalue weighted by Crippen LogP contribution is 2.46. The fraction of sp³-hybridized carbons (Fsp3) is 0.588. The van der Waals surface area contributed by atoms with Crippen molar-refractivity contribution in [2.45, 2.75) is 49.3 Å². The third-order valence-corrected chi connectivity index (χ3v) is 7.18. The summed E-state index contributed by atoms with van der Waals surface area (Å²) in [4.78, 5) is 21.8. The van der Waals surface area contributed by atoms with E-state index in [0.29, 0.717) is 12.8 Å². The highest BCUT2D eigenvalue weighted by molar-refractivity contribution is 7.89. The topological polar surface area (TPSA) is 94.7 Å². The predicted octanol–water partition coefficient (Wildman–Crippen LogP) is 1.59. The third kappa shape index (κ3) is 4.19. The maximum Gasteiger partial charge on any atom is 0.490 e. The lowest BCUT2D eigenvalue weighted by Gasteiger charge is -2.43. The highest BCUT2D eigenvalue weighted by Gasteiger charge is 2.49. The number of carbonyl (C=O) groups excluding carboxylic acids is 1. The van der Waals surface area contributed by atoms with Crippen LogP contribution in [0.3, 0.4) is 0 Å². The van der Waals surface area contributed by atoms with E-state index in [2.05, 4.69) is 4.74 Å². The zero-order valence-electron chi connectivity index (χ0n) is 14.9. The largest absolute Gasteiger partial charge is 0.490 e. The molecule has 1 aliphatic carbocycles. The van der Waals surface area contributed by atoms with Gasteiger partial charge in [0, 0.05) is 28.8 Å². The van der Waals surface area contributed by atoms with Crippen molar-refractivity contribution in [2.24, 2.45) is 5.41 Å². The second kappa shape index (κ2) is 7.43. The molecule has 11 heteroatoms. The van der Waals surface area contributed by atoms with Crippen LogP contribution in [0, 0.1) is 10.3 Å². The molecule has 0 bridgehead atoms. The lowest BCUT2D eigenvalue weighted by molar-refractivity contribution is -0.379. The monoisotopic (exact) mass is 421 g/mol. The number of alkyl halides is 3. The summed E-state index contributed by atoms with van der Waals surface area (Å²) < 4.78 is 69.6. The van der Waals surface area contributed by atoms with Gasteiger partial charge in [0.25, 0.3) is 5.69 Å². The van der Waals surface area contributed by atoms with Crippen molar-refractivity contribution in [1.29, 1.82) is 0 Å². The van der Waals surface area contributed by atoms with Gasteiger partial charge in [0.05, 0.1) is 11.4 Å². The number of ether oxygens (including phenoxy) is 1. The molecular weight excluding hydrogens is 401 g/mol. The van der Waals surface area contributed by atoms with Crippen molar-refractivity contribution in [3.63, 3.8) is 0 Å². The summed E-state index contributed by atoms with van der Waals surface area (Å²) in [5.41, 5.74) is -0.319. The number of hydrogen-bond acceptors (Lipinski definition) is 5. The maximum absolute atomic E-state index is 13.0. The minimum absolute atomic E-state index is 0.0811. The Morgan fingerprint density at radius 2 is 1.79 bits per heavy atom. The number of esters is 1. The molecule has 0 radical (unpaired) electrons. The molecule has 1 saturated heterocycles. The Hall–Kier alpha value is -2.01. The zero-order valence-corrected chi connectivity index (χ0v) is 15.7. The van der Waals surface area contributed by atoms with Gasteiger partial charge in [0.2, 0.25) is 10.0 Å². The zero-order chi connectivity index (χ0) is 20.6. The van der Waals surface area contributed by atoms with Crippen LogP contribution in [0.4, 0.5) is 18.9 Å². The van der Waals surface area contributed by atoms with Gasteiger partial charge in [-0.15, -0.1) is 0 Å². The number of sulfonamides is 1. The summed E-state index contributed by atoms with van der Waals surface area (Å²) >= 11 is 0. The van der Waals surface area contributed by atoms with Crippen LogP contribution in [0.15, 0.2) is 29.2 Å². The van der Waals surface area contributed by atoms with Gasteiger partial charge in [0.1, 0.15) is 6.10 Å². The van der Waals surface area contributed by atoms with Crippen LogP contribution in [0.2, 0.25) is 0 Å². The van der Waals surface area contributed by atoms with Gasteiger partial charge in [-0.3, -0.25) is 0 Å². The second-order valence-electron chi connectivity index (χ2n) is 7.36. The molecule has 0 aromatic heterocycles. The SMILES string of the molecule is O=[NH+]c1ccc(S(=O)(=O)N2CC(OC(=O)C(F)(F)F)CC3(CCCC3)C2)cc1. The number of hydrogen-bond donors (Lipinski definition) is 1. The van der Waals surface area contributed by atoms with Crippen LogP contribution in [0.1, 0.15) is 32.1 Å². The van der Waals surface area contributed by atoms with Crippen LogP contribution in [0.25, 0.3) is 0 Å². The molecule has 1 spiro atoms. The first kappa shape index (κ1) is 20.7. The van der Waals surface area contributed by atoms with Crippen molar-refractivity contribution in [2.75, 3.05) is 13.1 Å². The maximum atomic E-state index is 13.0. The van der Waals surface area contributed by atoms with E-state index >= 15 is 0 Å². The van der Waals surface area contributed by atoms with Crippen LogP contribution >= 0.6 is 0 Å². The Bertz CT molecular complexity index is 849. The summed E-state index contributed by atoms with van der Waals surface area (Å²) in [5.74, 6) is -2.31. The highest BCUT2D eigenvalue weighted by atomic mass is 32.2. The van der Waals surface area contributed by atoms with E-state index in [4.69, 9.17) is 0 Å². The molecule has 1 saturated carbocycles. The Morgan fingerprint density at radius 1 is 1.18 bits per heavy atom. The number of nitrogens with zero attached hydrogens (tertiary/aromatic N) is 1. The van der Waals surface area contributed by atoms with E-state index in [1.54, 1.807) is 5.18 Å². The van der Waals surface area contributed by atoms with Gasteiger partial charge in [0.15, 0.2) is 0 Å². The fourth-order valence-electron chi connectivity index (χ4n) is 4.09. The normalized spacial score (nSPS) is 22.9. The number of halogens is 3. The van der Waals surface area contributed by atoms with Crippen molar-refractivity contribution < 1.29 is 36.3 Å². The van der Waals surface area contributed by atoms with Gasteiger partial charge < -0.3 is 4.74 Å². The van der Waals surface area contributed by atoms with Gasteiger partial charge in [-0.2, -0.15) is 17.5 Å². The number of rotatable bonds is 4. The van der Waals surface area contributed by atoms with E-state index in [9.17, 15) is 31.3 Å². The van der Waals surface area contributed by atoms with Crippen molar-refractivity contribution in [3.05, 3.63) is 29.2 Å². The Balaban J connectivity index is 1.87. The lowest BCUT2D eigenvalue weighted by Crippen LogP contribution is -2.55. The van der Waals surface area contributed by atoms with E-state index in [0.717, 1.165) is 17.1 Å². The average molecular weight is 421 g/mol. The molecule has 1 heterocycles. The van der Waals surface area contributed by atoms with Gasteiger partial charge in [-0.05, 0) is 36.8 Å². The molecule has 3 rings (SSSR count). The van der Waals surface area contributed by atoms with E-state index in [-0.39, 0.29) is 30.1 Å². The van der Waals surface area contributed by atoms with E-state index in [1.807, 2.05) is 0 Å². The molecular formula is C17H20F3N2O5S+. The van der Waals surface area contributed by atoms with Crippen molar-refractivity contribution in [3.8, 4) is 0 Å². The molecule has 28 heavy (non-hydrogen) atoms. The third-order valence-electron chi connectivity index (χ3n) is 5.36. The number of piperidine rings is 1.